The summed E-state index contributed by atoms with van der Waals surface area (Å²) in [5, 5.41) is 0. The fraction of sp³-hybridized carbons (Fsp3) is 0.375. The van der Waals surface area contributed by atoms with Crippen LogP contribution in [0.5, 0.6) is 0 Å². The third-order valence-electron chi connectivity index (χ3n) is 8.72. The van der Waals surface area contributed by atoms with Gasteiger partial charge < -0.3 is 11.3 Å². The van der Waals surface area contributed by atoms with E-state index < -0.39 is 5.60 Å². The number of rotatable bonds is 7. The molecule has 0 aromatic heterocycles. The fourth-order valence-electron chi connectivity index (χ4n) is 7.68. The summed E-state index contributed by atoms with van der Waals surface area (Å²) in [6.07, 6.45) is 8.69. The summed E-state index contributed by atoms with van der Waals surface area (Å²) in [6.45, 7) is 6.44. The van der Waals surface area contributed by atoms with Crippen molar-refractivity contribution in [2.75, 3.05) is 0 Å². The first-order valence-electron chi connectivity index (χ1n) is 12.7. The third kappa shape index (κ3) is 4.03. The van der Waals surface area contributed by atoms with Crippen LogP contribution in [0, 0.1) is 36.2 Å². The Hall–Kier alpha value is -2.04. The van der Waals surface area contributed by atoms with E-state index in [9.17, 15) is 0 Å². The fourth-order valence-corrected chi connectivity index (χ4v) is 7.68. The third-order valence-corrected chi connectivity index (χ3v) is 8.72. The van der Waals surface area contributed by atoms with Crippen LogP contribution in [0.15, 0.2) is 97.1 Å². The van der Waals surface area contributed by atoms with Gasteiger partial charge in [-0.15, -0.1) is 0 Å². The summed E-state index contributed by atoms with van der Waals surface area (Å²) in [7, 11) is 0. The molecule has 1 unspecified atom stereocenters. The van der Waals surface area contributed by atoms with E-state index in [1.165, 1.54) is 32.1 Å². The van der Waals surface area contributed by atoms with Gasteiger partial charge in [0, 0.05) is 6.10 Å². The van der Waals surface area contributed by atoms with Crippen LogP contribution in [-0.4, -0.2) is 6.10 Å². The van der Waals surface area contributed by atoms with Gasteiger partial charge in [-0.1, -0.05) is 91.0 Å². The molecule has 7 rings (SSSR count). The van der Waals surface area contributed by atoms with Gasteiger partial charge >= 0.3 is 18.9 Å². The summed E-state index contributed by atoms with van der Waals surface area (Å²) in [5.41, 5.74) is 2.74. The van der Waals surface area contributed by atoms with Gasteiger partial charge in [-0.2, -0.15) is 0 Å². The van der Waals surface area contributed by atoms with Crippen LogP contribution in [0.3, 0.4) is 0 Å². The molecule has 0 aliphatic heterocycles. The number of benzene rings is 3. The quantitative estimate of drug-likeness (QED) is 0.300. The molecule has 4 aliphatic carbocycles. The van der Waals surface area contributed by atoms with Crippen LogP contribution >= 0.6 is 0 Å². The number of hydrogen-bond acceptors (Lipinski definition) is 1. The predicted octanol–water partition coefficient (Wildman–Crippen LogP) is 4.43. The monoisotopic (exact) mass is 440 g/mol. The van der Waals surface area contributed by atoms with Gasteiger partial charge in [0.1, 0.15) is 5.60 Å². The van der Waals surface area contributed by atoms with Crippen LogP contribution in [0.2, 0.25) is 0 Å². The zero-order valence-electron chi connectivity index (χ0n) is 20.2. The molecule has 0 amide bonds. The summed E-state index contributed by atoms with van der Waals surface area (Å²) < 4.78 is 7.39. The smallest absolute Gasteiger partial charge is 0.515 e. The molecule has 0 saturated heterocycles. The van der Waals surface area contributed by atoms with Gasteiger partial charge in [0.15, 0.2) is 0 Å². The van der Waals surface area contributed by atoms with Crippen molar-refractivity contribution in [2.24, 2.45) is 29.6 Å². The average Bonchev–Trinajstić information content (AvgIpc) is 2.87. The molecule has 0 radical (unpaired) electrons. The Morgan fingerprint density at radius 2 is 1.03 bits per heavy atom. The van der Waals surface area contributed by atoms with Gasteiger partial charge in [0.2, 0.25) is 0 Å². The maximum Gasteiger partial charge on any atom is 1.00 e. The Morgan fingerprint density at radius 3 is 1.38 bits per heavy atom. The van der Waals surface area contributed by atoms with Gasteiger partial charge in [0.25, 0.3) is 0 Å². The van der Waals surface area contributed by atoms with E-state index >= 15 is 0 Å². The minimum Gasteiger partial charge on any atom is -0.515 e. The van der Waals surface area contributed by atoms with Gasteiger partial charge in [0.05, 0.1) is 0 Å². The molecule has 4 fully saturated rings. The van der Waals surface area contributed by atoms with E-state index in [0.29, 0.717) is 5.92 Å². The molecule has 4 saturated carbocycles. The Bertz CT molecular complexity index is 953. The van der Waals surface area contributed by atoms with E-state index in [0.717, 1.165) is 40.4 Å². The maximum absolute atomic E-state index is 7.39. The van der Waals surface area contributed by atoms with Crippen molar-refractivity contribution in [3.63, 3.8) is 0 Å². The van der Waals surface area contributed by atoms with Crippen LogP contribution in [0.4, 0.5) is 0 Å². The molecule has 2 heteroatoms. The molecule has 4 bridgehead atoms. The molecule has 1 atom stereocenters. The normalized spacial score (nSPS) is 28.2. The molecule has 168 valence electrons. The second kappa shape index (κ2) is 9.91. The van der Waals surface area contributed by atoms with Crippen LogP contribution < -0.4 is 18.9 Å². The summed E-state index contributed by atoms with van der Waals surface area (Å²) in [6, 6.07) is 32.1. The predicted molar refractivity (Wildman–Crippen MR) is 133 cm³/mol. The first kappa shape index (κ1) is 23.7. The van der Waals surface area contributed by atoms with E-state index in [-0.39, 0.29) is 25.0 Å². The SMILES string of the molecule is [CH-]=CC(OC(c1ccccc1)(c1ccccc1)c1ccccc1)C1C2CC3CC(C2)CC1C3.[Li+]. The zero-order chi connectivity index (χ0) is 22.3. The number of ether oxygens (including phenoxy) is 1. The van der Waals surface area contributed by atoms with E-state index in [2.05, 4.69) is 91.0 Å². The molecule has 0 N–H and O–H groups in total. The van der Waals surface area contributed by atoms with Crippen molar-refractivity contribution >= 4 is 0 Å². The molecule has 3 aromatic carbocycles. The Labute approximate surface area is 216 Å². The molecule has 0 spiro atoms. The first-order chi connectivity index (χ1) is 16.3. The minimum atomic E-state index is -0.709. The van der Waals surface area contributed by atoms with E-state index in [4.69, 9.17) is 11.3 Å². The maximum atomic E-state index is 7.39. The van der Waals surface area contributed by atoms with Crippen molar-refractivity contribution < 1.29 is 23.6 Å². The van der Waals surface area contributed by atoms with Crippen molar-refractivity contribution in [1.82, 2.24) is 0 Å². The van der Waals surface area contributed by atoms with Crippen molar-refractivity contribution in [3.05, 3.63) is 120 Å². The average molecular weight is 441 g/mol. The largest absolute Gasteiger partial charge is 1.00 e. The van der Waals surface area contributed by atoms with Crippen LogP contribution in [0.1, 0.15) is 48.8 Å². The Kier molecular flexibility index (Phi) is 6.90. The van der Waals surface area contributed by atoms with Crippen molar-refractivity contribution in [1.29, 1.82) is 0 Å². The van der Waals surface area contributed by atoms with Gasteiger partial charge in [-0.3, -0.25) is 0 Å². The molecule has 34 heavy (non-hydrogen) atoms. The van der Waals surface area contributed by atoms with E-state index in [1.54, 1.807) is 0 Å². The van der Waals surface area contributed by atoms with Gasteiger partial charge in [-0.05, 0) is 78.4 Å². The molecular weight excluding hydrogens is 407 g/mol. The topological polar surface area (TPSA) is 9.23 Å². The summed E-state index contributed by atoms with van der Waals surface area (Å²) >= 11 is 0. The van der Waals surface area contributed by atoms with Gasteiger partial charge in [-0.25, -0.2) is 6.08 Å². The standard InChI is InChI=1S/C32H33O.Li/c1-2-30(31-25-19-23-18-24(21-25)22-26(31)20-23)33-32(27-12-6-3-7-13-27,28-14-8-4-9-15-28)29-16-10-5-11-17-29;/h1-17,23-26,30-31H,18-22H2;/q-1;+1. The summed E-state index contributed by atoms with van der Waals surface area (Å²) in [5.74, 6) is 3.86. The van der Waals surface area contributed by atoms with Crippen LogP contribution in [-0.2, 0) is 10.3 Å². The molecular formula is C32H33LiO. The minimum absolute atomic E-state index is 0. The molecule has 3 aromatic rings. The van der Waals surface area contributed by atoms with Crippen molar-refractivity contribution in [2.45, 2.75) is 43.8 Å². The second-order valence-electron chi connectivity index (χ2n) is 10.6. The second-order valence-corrected chi connectivity index (χ2v) is 10.6. The first-order valence-corrected chi connectivity index (χ1v) is 12.7. The van der Waals surface area contributed by atoms with E-state index in [1.807, 2.05) is 6.08 Å². The van der Waals surface area contributed by atoms with Crippen LogP contribution in [0.25, 0.3) is 0 Å². The zero-order valence-corrected chi connectivity index (χ0v) is 20.2. The molecule has 0 heterocycles. The number of hydrogen-bond donors (Lipinski definition) is 0. The Balaban J connectivity index is 0.00000241. The van der Waals surface area contributed by atoms with Crippen molar-refractivity contribution in [3.8, 4) is 0 Å². The molecule has 1 nitrogen and oxygen atoms in total. The summed E-state index contributed by atoms with van der Waals surface area (Å²) in [4.78, 5) is 0. The Morgan fingerprint density at radius 1 is 0.647 bits per heavy atom. The molecule has 4 aliphatic rings.